The molecular formula is C50H80O23. The fraction of sp³-hybridized carbons (Fsp3) is 0.960. The van der Waals surface area contributed by atoms with Crippen molar-refractivity contribution in [3.05, 3.63) is 11.6 Å². The van der Waals surface area contributed by atoms with E-state index in [0.29, 0.717) is 25.9 Å². The van der Waals surface area contributed by atoms with Gasteiger partial charge in [0.05, 0.1) is 57.5 Å². The van der Waals surface area contributed by atoms with Crippen molar-refractivity contribution in [2.75, 3.05) is 33.0 Å². The molecule has 0 aromatic carbocycles. The molecule has 6 heterocycles. The minimum absolute atomic E-state index is 0.0550. The molecule has 31 unspecified atom stereocenters. The maximum atomic E-state index is 11.7. The molecule has 6 saturated heterocycles. The number of allylic oxidation sites excluding steroid dienone is 1. The first kappa shape index (κ1) is 55.1. The zero-order chi connectivity index (χ0) is 52.2. The topological polar surface area (TPSA) is 355 Å². The van der Waals surface area contributed by atoms with Crippen LogP contribution in [-0.2, 0) is 47.4 Å². The predicted octanol–water partition coefficient (Wildman–Crippen LogP) is -3.38. The average Bonchev–Trinajstić information content (AvgIpc) is 3.82. The molecule has 0 aromatic rings. The third kappa shape index (κ3) is 9.41. The number of ether oxygens (including phenoxy) is 10. The lowest BCUT2D eigenvalue weighted by Gasteiger charge is -2.61. The van der Waals surface area contributed by atoms with Crippen molar-refractivity contribution in [1.82, 2.24) is 0 Å². The second-order valence-electron chi connectivity index (χ2n) is 23.5. The van der Waals surface area contributed by atoms with Crippen molar-refractivity contribution in [3.63, 3.8) is 0 Å². The molecule has 9 fully saturated rings. The number of rotatable bonds is 11. The minimum Gasteiger partial charge on any atom is -0.394 e. The van der Waals surface area contributed by atoms with Crippen molar-refractivity contribution >= 4 is 0 Å². The molecule has 31 atom stereocenters. The highest BCUT2D eigenvalue weighted by Gasteiger charge is 2.70. The van der Waals surface area contributed by atoms with Gasteiger partial charge in [0.2, 0.25) is 0 Å². The Kier molecular flexibility index (Phi) is 16.0. The Morgan fingerprint density at radius 3 is 2.03 bits per heavy atom. The molecule has 3 saturated carbocycles. The van der Waals surface area contributed by atoms with E-state index in [1.165, 1.54) is 6.92 Å². The molecule has 10 aliphatic rings. The van der Waals surface area contributed by atoms with Crippen LogP contribution in [0.3, 0.4) is 0 Å². The number of fused-ring (bicyclic) bond motifs is 7. The SMILES string of the molecule is CC1OC(OC2C(OC3CC(O)CC4=CCC5C6CC7OC8(CCC(COC9OC(CO)C(O)C(O)C9O)CO8)C(C)C7C6(C)CCC5C43C)OC(CO)C(O)C2OC2OCC(O)C(O)C2O)C(O)C(O)C1O. The summed E-state index contributed by atoms with van der Waals surface area (Å²) in [5.41, 5.74) is 0.243. The summed E-state index contributed by atoms with van der Waals surface area (Å²) in [5.74, 6) is -0.0826. The van der Waals surface area contributed by atoms with E-state index >= 15 is 0 Å². The van der Waals surface area contributed by atoms with Gasteiger partial charge >= 0.3 is 0 Å². The number of aliphatic hydroxyl groups is 13. The van der Waals surface area contributed by atoms with Crippen LogP contribution in [0.4, 0.5) is 0 Å². The van der Waals surface area contributed by atoms with Gasteiger partial charge in [0.15, 0.2) is 30.9 Å². The van der Waals surface area contributed by atoms with E-state index in [1.54, 1.807) is 0 Å². The quantitative estimate of drug-likeness (QED) is 0.0898. The molecule has 0 bridgehead atoms. The van der Waals surface area contributed by atoms with Crippen LogP contribution in [0.5, 0.6) is 0 Å². The van der Waals surface area contributed by atoms with E-state index in [4.69, 9.17) is 47.4 Å². The van der Waals surface area contributed by atoms with Crippen LogP contribution in [-0.4, -0.2) is 240 Å². The lowest BCUT2D eigenvalue weighted by Crippen LogP contribution is -2.67. The first-order valence-electron chi connectivity index (χ1n) is 26.5. The Morgan fingerprint density at radius 1 is 0.644 bits per heavy atom. The van der Waals surface area contributed by atoms with Gasteiger partial charge in [-0.05, 0) is 74.5 Å². The van der Waals surface area contributed by atoms with Crippen molar-refractivity contribution in [3.8, 4) is 0 Å². The van der Waals surface area contributed by atoms with Crippen molar-refractivity contribution in [2.24, 2.45) is 46.3 Å². The van der Waals surface area contributed by atoms with Gasteiger partial charge in [0, 0.05) is 30.1 Å². The number of hydrogen-bond acceptors (Lipinski definition) is 23. The first-order chi connectivity index (χ1) is 34.6. The van der Waals surface area contributed by atoms with Crippen LogP contribution in [0.25, 0.3) is 0 Å². The molecule has 0 radical (unpaired) electrons. The van der Waals surface area contributed by atoms with Gasteiger partial charge in [-0.15, -0.1) is 0 Å². The Morgan fingerprint density at radius 2 is 1.32 bits per heavy atom. The summed E-state index contributed by atoms with van der Waals surface area (Å²) in [4.78, 5) is 0. The van der Waals surface area contributed by atoms with Gasteiger partial charge in [-0.1, -0.05) is 32.4 Å². The lowest BCUT2D eigenvalue weighted by atomic mass is 9.46. The molecule has 0 amide bonds. The Balaban J connectivity index is 0.862. The molecular weight excluding hydrogens is 969 g/mol. The molecule has 23 heteroatoms. The van der Waals surface area contributed by atoms with Crippen LogP contribution in [0.1, 0.15) is 79.1 Å². The molecule has 418 valence electrons. The van der Waals surface area contributed by atoms with Gasteiger partial charge in [0.25, 0.3) is 0 Å². The third-order valence-corrected chi connectivity index (χ3v) is 19.6. The van der Waals surface area contributed by atoms with E-state index in [-0.39, 0.29) is 60.1 Å². The fourth-order valence-electron chi connectivity index (χ4n) is 15.3. The second kappa shape index (κ2) is 21.1. The molecule has 1 spiro atoms. The number of aliphatic hydroxyl groups excluding tert-OH is 13. The fourth-order valence-corrected chi connectivity index (χ4v) is 15.3. The van der Waals surface area contributed by atoms with Crippen LogP contribution in [0.15, 0.2) is 11.6 Å². The maximum absolute atomic E-state index is 11.7. The summed E-state index contributed by atoms with van der Waals surface area (Å²) in [6.45, 7) is 7.04. The van der Waals surface area contributed by atoms with Crippen LogP contribution in [0.2, 0.25) is 0 Å². The highest BCUT2D eigenvalue weighted by Crippen LogP contribution is 2.71. The summed E-state index contributed by atoms with van der Waals surface area (Å²) < 4.78 is 62.5. The lowest BCUT2D eigenvalue weighted by molar-refractivity contribution is -0.393. The molecule has 23 nitrogen and oxygen atoms in total. The van der Waals surface area contributed by atoms with Crippen molar-refractivity contribution in [1.29, 1.82) is 0 Å². The maximum Gasteiger partial charge on any atom is 0.187 e. The van der Waals surface area contributed by atoms with E-state index in [2.05, 4.69) is 26.8 Å². The van der Waals surface area contributed by atoms with E-state index in [9.17, 15) is 66.4 Å². The average molecular weight is 1050 g/mol. The van der Waals surface area contributed by atoms with Gasteiger partial charge in [-0.2, -0.15) is 0 Å². The molecule has 6 aliphatic heterocycles. The molecule has 10 rings (SSSR count). The normalized spacial score (nSPS) is 57.1. The number of hydrogen-bond donors (Lipinski definition) is 13. The van der Waals surface area contributed by atoms with Crippen LogP contribution >= 0.6 is 0 Å². The smallest absolute Gasteiger partial charge is 0.187 e. The standard InChI is InChI=1S/C50H80O23/c1-19-32-28(73-50(19)10-7-21(17-66-50)16-64-44-40(62)38(60)35(57)29(14-51)68-44)13-26-24-6-5-22-11-23(53)12-31(49(22,4)25(24)8-9-48(26,32)3)70-47-43(72-46-41(63)37(59)33(55)20(2)67-46)42(36(58)30(15-52)69-47)71-45-39(61)34(56)27(54)18-65-45/h5,19-21,23-47,51-63H,6-18H2,1-4H3. The largest absolute Gasteiger partial charge is 0.394 e. The molecule has 73 heavy (non-hydrogen) atoms. The van der Waals surface area contributed by atoms with Crippen LogP contribution in [0, 0.1) is 46.3 Å². The highest BCUT2D eigenvalue weighted by atomic mass is 16.8. The van der Waals surface area contributed by atoms with Gasteiger partial charge in [0.1, 0.15) is 85.5 Å². The monoisotopic (exact) mass is 1050 g/mol. The third-order valence-electron chi connectivity index (χ3n) is 19.6. The Hall–Kier alpha value is -1.18. The summed E-state index contributed by atoms with van der Waals surface area (Å²) in [7, 11) is 0. The summed E-state index contributed by atoms with van der Waals surface area (Å²) in [5, 5.41) is 138. The molecule has 0 aromatic heterocycles. The van der Waals surface area contributed by atoms with Crippen molar-refractivity contribution in [2.45, 2.75) is 220 Å². The Bertz CT molecular complexity index is 1920. The predicted molar refractivity (Wildman–Crippen MR) is 244 cm³/mol. The van der Waals surface area contributed by atoms with E-state index < -0.39 is 160 Å². The zero-order valence-electron chi connectivity index (χ0n) is 41.8. The summed E-state index contributed by atoms with van der Waals surface area (Å²) in [6.07, 6.45) is -22.9. The molecule has 13 N–H and O–H groups in total. The second-order valence-corrected chi connectivity index (χ2v) is 23.5. The summed E-state index contributed by atoms with van der Waals surface area (Å²) >= 11 is 0. The minimum atomic E-state index is -1.81. The van der Waals surface area contributed by atoms with Crippen molar-refractivity contribution < 1.29 is 114 Å². The zero-order valence-corrected chi connectivity index (χ0v) is 41.8. The van der Waals surface area contributed by atoms with Gasteiger partial charge < -0.3 is 114 Å². The van der Waals surface area contributed by atoms with E-state index in [0.717, 1.165) is 31.3 Å². The van der Waals surface area contributed by atoms with E-state index in [1.807, 2.05) is 0 Å². The van der Waals surface area contributed by atoms with Crippen LogP contribution < -0.4 is 0 Å². The van der Waals surface area contributed by atoms with Gasteiger partial charge in [-0.3, -0.25) is 0 Å². The summed E-state index contributed by atoms with van der Waals surface area (Å²) in [6, 6.07) is 0. The first-order valence-corrected chi connectivity index (χ1v) is 26.5. The molecule has 4 aliphatic carbocycles. The highest BCUT2D eigenvalue weighted by molar-refractivity contribution is 5.29. The van der Waals surface area contributed by atoms with Gasteiger partial charge in [-0.25, -0.2) is 0 Å². The Labute approximate surface area is 423 Å².